The van der Waals surface area contributed by atoms with Crippen molar-refractivity contribution in [2.24, 2.45) is 0 Å². The summed E-state index contributed by atoms with van der Waals surface area (Å²) in [5, 5.41) is 55.4. The van der Waals surface area contributed by atoms with Gasteiger partial charge in [-0.25, -0.2) is 4.79 Å². The molecule has 1 rings (SSSR count). The number of rotatable bonds is 7. The van der Waals surface area contributed by atoms with Crippen LogP contribution in [0.2, 0.25) is 0 Å². The maximum absolute atomic E-state index is 11.9. The number of phenols is 1. The van der Waals surface area contributed by atoms with Crippen LogP contribution in [-0.4, -0.2) is 74.2 Å². The summed E-state index contributed by atoms with van der Waals surface area (Å²) >= 11 is 0. The van der Waals surface area contributed by atoms with E-state index >= 15 is 0 Å². The molecule has 0 aromatic heterocycles. The Balaban J connectivity index is 2.85. The van der Waals surface area contributed by atoms with Crippen LogP contribution in [0.15, 0.2) is 24.3 Å². The van der Waals surface area contributed by atoms with Crippen LogP contribution < -0.4 is 0 Å². The summed E-state index contributed by atoms with van der Waals surface area (Å²) in [4.78, 5) is 11.9. The summed E-state index contributed by atoms with van der Waals surface area (Å²) in [6.45, 7) is -1.63. The fourth-order valence-corrected chi connectivity index (χ4v) is 1.60. The average Bonchev–Trinajstić information content (AvgIpc) is 2.50. The lowest BCUT2D eigenvalue weighted by molar-refractivity contribution is -0.128. The van der Waals surface area contributed by atoms with Crippen molar-refractivity contribution in [2.45, 2.75) is 24.4 Å². The first-order chi connectivity index (χ1) is 9.90. The van der Waals surface area contributed by atoms with Crippen LogP contribution in [0.3, 0.4) is 0 Å². The van der Waals surface area contributed by atoms with Gasteiger partial charge in [-0.1, -0.05) is 0 Å². The number of aliphatic hydroxyl groups excluding tert-OH is 5. The van der Waals surface area contributed by atoms with Gasteiger partial charge in [0.25, 0.3) is 0 Å². The van der Waals surface area contributed by atoms with Crippen molar-refractivity contribution in [3.8, 4) is 5.75 Å². The minimum atomic E-state index is -1.78. The molecule has 0 aliphatic heterocycles. The van der Waals surface area contributed by atoms with Gasteiger partial charge in [0, 0.05) is 0 Å². The van der Waals surface area contributed by atoms with Gasteiger partial charge >= 0.3 is 5.97 Å². The number of phenolic OH excluding ortho intramolecular Hbond substituents is 1. The van der Waals surface area contributed by atoms with E-state index in [9.17, 15) is 20.1 Å². The molecule has 1 aromatic rings. The first-order valence-electron chi connectivity index (χ1n) is 6.16. The SMILES string of the molecule is O=C(OC(C(O)CO)C(O)C(O)CO)c1ccc(O)cc1. The third-order valence-electron chi connectivity index (χ3n) is 2.83. The molecule has 0 spiro atoms. The van der Waals surface area contributed by atoms with E-state index in [4.69, 9.17) is 20.1 Å². The quantitative estimate of drug-likeness (QED) is 0.316. The van der Waals surface area contributed by atoms with Gasteiger partial charge in [-0.3, -0.25) is 0 Å². The van der Waals surface area contributed by atoms with Gasteiger partial charge in [-0.2, -0.15) is 0 Å². The van der Waals surface area contributed by atoms with Gasteiger partial charge in [0.15, 0.2) is 6.10 Å². The Labute approximate surface area is 120 Å². The molecule has 0 radical (unpaired) electrons. The molecule has 0 bridgehead atoms. The monoisotopic (exact) mass is 302 g/mol. The van der Waals surface area contributed by atoms with E-state index < -0.39 is 43.6 Å². The highest BCUT2D eigenvalue weighted by atomic mass is 16.6. The predicted octanol–water partition coefficient (Wildman–Crippen LogP) is -2.02. The Hall–Kier alpha value is -1.71. The zero-order valence-corrected chi connectivity index (χ0v) is 11.0. The second-order valence-electron chi connectivity index (χ2n) is 4.41. The van der Waals surface area contributed by atoms with Crippen molar-refractivity contribution >= 4 is 5.97 Å². The van der Waals surface area contributed by atoms with Gasteiger partial charge < -0.3 is 35.4 Å². The lowest BCUT2D eigenvalue weighted by Crippen LogP contribution is -2.49. The van der Waals surface area contributed by atoms with Gasteiger partial charge in [0.05, 0.1) is 18.8 Å². The van der Waals surface area contributed by atoms with Crippen LogP contribution in [-0.2, 0) is 4.74 Å². The Kier molecular flexibility index (Phi) is 6.53. The number of hydrogen-bond donors (Lipinski definition) is 6. The number of aromatic hydroxyl groups is 1. The summed E-state index contributed by atoms with van der Waals surface area (Å²) in [6.07, 6.45) is -6.69. The maximum atomic E-state index is 11.9. The molecule has 118 valence electrons. The van der Waals surface area contributed by atoms with E-state index in [-0.39, 0.29) is 11.3 Å². The smallest absolute Gasteiger partial charge is 0.338 e. The van der Waals surface area contributed by atoms with E-state index in [1.54, 1.807) is 0 Å². The molecule has 4 atom stereocenters. The van der Waals surface area contributed by atoms with Gasteiger partial charge in [-0.05, 0) is 24.3 Å². The number of hydrogen-bond acceptors (Lipinski definition) is 8. The lowest BCUT2D eigenvalue weighted by atomic mass is 10.0. The average molecular weight is 302 g/mol. The van der Waals surface area contributed by atoms with Crippen LogP contribution >= 0.6 is 0 Å². The summed E-state index contributed by atoms with van der Waals surface area (Å²) in [7, 11) is 0. The highest BCUT2D eigenvalue weighted by molar-refractivity contribution is 5.89. The van der Waals surface area contributed by atoms with E-state index in [1.165, 1.54) is 24.3 Å². The van der Waals surface area contributed by atoms with Crippen LogP contribution in [0.25, 0.3) is 0 Å². The minimum Gasteiger partial charge on any atom is -0.508 e. The normalized spacial score (nSPS) is 16.8. The fourth-order valence-electron chi connectivity index (χ4n) is 1.60. The highest BCUT2D eigenvalue weighted by Gasteiger charge is 2.35. The third-order valence-corrected chi connectivity index (χ3v) is 2.83. The maximum Gasteiger partial charge on any atom is 0.338 e. The molecule has 0 aliphatic rings. The summed E-state index contributed by atoms with van der Waals surface area (Å²) in [5.41, 5.74) is 0.0358. The highest BCUT2D eigenvalue weighted by Crippen LogP contribution is 2.15. The summed E-state index contributed by atoms with van der Waals surface area (Å²) in [5.74, 6) is -0.995. The van der Waals surface area contributed by atoms with Crippen LogP contribution in [0.1, 0.15) is 10.4 Å². The molecular weight excluding hydrogens is 284 g/mol. The molecule has 0 saturated carbocycles. The van der Waals surface area contributed by atoms with Crippen LogP contribution in [0.4, 0.5) is 0 Å². The molecular formula is C13H18O8. The Morgan fingerprint density at radius 1 is 1.00 bits per heavy atom. The minimum absolute atomic E-state index is 0.0358. The number of esters is 1. The second kappa shape index (κ2) is 7.91. The van der Waals surface area contributed by atoms with E-state index in [1.807, 2.05) is 0 Å². The Morgan fingerprint density at radius 2 is 1.52 bits per heavy atom. The van der Waals surface area contributed by atoms with Crippen LogP contribution in [0.5, 0.6) is 5.75 Å². The first-order valence-corrected chi connectivity index (χ1v) is 6.16. The topological polar surface area (TPSA) is 148 Å². The third kappa shape index (κ3) is 4.66. The number of benzene rings is 1. The molecule has 0 amide bonds. The molecule has 0 heterocycles. The molecule has 0 fully saturated rings. The molecule has 21 heavy (non-hydrogen) atoms. The molecule has 4 unspecified atom stereocenters. The van der Waals surface area contributed by atoms with Gasteiger partial charge in [-0.15, -0.1) is 0 Å². The van der Waals surface area contributed by atoms with Crippen molar-refractivity contribution in [1.82, 2.24) is 0 Å². The molecule has 1 aromatic carbocycles. The van der Waals surface area contributed by atoms with E-state index in [0.29, 0.717) is 0 Å². The number of ether oxygens (including phenoxy) is 1. The zero-order valence-electron chi connectivity index (χ0n) is 11.0. The van der Waals surface area contributed by atoms with Crippen molar-refractivity contribution in [2.75, 3.05) is 13.2 Å². The molecule has 0 saturated heterocycles. The number of carbonyl (C=O) groups excluding carboxylic acids is 1. The molecule has 6 N–H and O–H groups in total. The predicted molar refractivity (Wildman–Crippen MR) is 69.5 cm³/mol. The molecule has 0 aliphatic carbocycles. The summed E-state index contributed by atoms with van der Waals surface area (Å²) in [6, 6.07) is 5.00. The lowest BCUT2D eigenvalue weighted by Gasteiger charge is -2.28. The molecule has 8 nitrogen and oxygen atoms in total. The van der Waals surface area contributed by atoms with E-state index in [2.05, 4.69) is 0 Å². The Bertz CT molecular complexity index is 446. The first kappa shape index (κ1) is 17.3. The van der Waals surface area contributed by atoms with Crippen molar-refractivity contribution in [1.29, 1.82) is 0 Å². The van der Waals surface area contributed by atoms with E-state index in [0.717, 1.165) is 0 Å². The van der Waals surface area contributed by atoms with Crippen molar-refractivity contribution < 1.29 is 40.2 Å². The fraction of sp³-hybridized carbons (Fsp3) is 0.462. The summed E-state index contributed by atoms with van der Waals surface area (Å²) < 4.78 is 4.86. The van der Waals surface area contributed by atoms with Crippen LogP contribution in [0, 0.1) is 0 Å². The molecule has 8 heteroatoms. The number of aliphatic hydroxyl groups is 5. The largest absolute Gasteiger partial charge is 0.508 e. The zero-order chi connectivity index (χ0) is 16.0. The van der Waals surface area contributed by atoms with Gasteiger partial charge in [0.1, 0.15) is 24.1 Å². The standard InChI is InChI=1S/C13H18O8/c14-5-9(17)11(19)12(10(18)6-15)21-13(20)7-1-3-8(16)4-2-7/h1-4,9-12,14-19H,5-6H2. The van der Waals surface area contributed by atoms with Crippen molar-refractivity contribution in [3.05, 3.63) is 29.8 Å². The number of carbonyl (C=O) groups is 1. The van der Waals surface area contributed by atoms with Crippen molar-refractivity contribution in [3.63, 3.8) is 0 Å². The van der Waals surface area contributed by atoms with Gasteiger partial charge in [0.2, 0.25) is 0 Å². The Morgan fingerprint density at radius 3 is 2.00 bits per heavy atom. The second-order valence-corrected chi connectivity index (χ2v) is 4.41.